The maximum absolute atomic E-state index is 13.0. The van der Waals surface area contributed by atoms with Crippen LogP contribution in [0.5, 0.6) is 11.5 Å². The van der Waals surface area contributed by atoms with Crippen LogP contribution in [0.25, 0.3) is 0 Å². The number of rotatable bonds is 5. The molecule has 1 N–H and O–H groups in total. The number of nitrogens with one attached hydrogen (secondary N) is 1. The molecule has 1 aromatic heterocycles. The van der Waals surface area contributed by atoms with Crippen LogP contribution < -0.4 is 15.0 Å². The van der Waals surface area contributed by atoms with Crippen LogP contribution in [0.2, 0.25) is 0 Å². The Balaban J connectivity index is 1.56. The first-order valence-electron chi connectivity index (χ1n) is 9.75. The summed E-state index contributed by atoms with van der Waals surface area (Å²) < 4.78 is 10.6. The summed E-state index contributed by atoms with van der Waals surface area (Å²) in [5, 5.41) is 0. The highest BCUT2D eigenvalue weighted by atomic mass is 16.5. The van der Waals surface area contributed by atoms with E-state index < -0.39 is 0 Å². The number of aromatic amines is 1. The quantitative estimate of drug-likeness (QED) is 0.705. The van der Waals surface area contributed by atoms with Crippen LogP contribution in [0.4, 0.5) is 0 Å². The molecule has 1 aliphatic rings. The third-order valence-electron chi connectivity index (χ3n) is 5.25. The van der Waals surface area contributed by atoms with Crippen molar-refractivity contribution < 1.29 is 14.3 Å². The summed E-state index contributed by atoms with van der Waals surface area (Å²) in [6.45, 7) is 0.729. The number of ether oxygens (including phenoxy) is 2. The number of nitrogens with zero attached hydrogens (tertiary/aromatic N) is 2. The lowest BCUT2D eigenvalue weighted by molar-refractivity contribution is 0.0729. The Kier molecular flexibility index (Phi) is 5.52. The molecule has 0 radical (unpaired) electrons. The minimum absolute atomic E-state index is 0.155. The first-order valence-corrected chi connectivity index (χ1v) is 9.75. The summed E-state index contributed by atoms with van der Waals surface area (Å²) in [5.74, 6) is 1.74. The third-order valence-corrected chi connectivity index (χ3v) is 5.25. The second-order valence-electron chi connectivity index (χ2n) is 7.14. The smallest absolute Gasteiger partial charge is 0.257 e. The number of carbonyl (C=O) groups is 1. The molecule has 0 unspecified atom stereocenters. The monoisotopic (exact) mass is 405 g/mol. The highest BCUT2D eigenvalue weighted by molar-refractivity contribution is 5.97. The Bertz CT molecular complexity index is 1140. The second-order valence-corrected chi connectivity index (χ2v) is 7.14. The van der Waals surface area contributed by atoms with Gasteiger partial charge in [-0.3, -0.25) is 9.59 Å². The van der Waals surface area contributed by atoms with E-state index in [1.165, 1.54) is 7.11 Å². The molecule has 7 heteroatoms. The molecular weight excluding hydrogens is 382 g/mol. The van der Waals surface area contributed by atoms with E-state index in [-0.39, 0.29) is 18.0 Å². The number of H-pyrrole nitrogens is 1. The van der Waals surface area contributed by atoms with Crippen LogP contribution in [0, 0.1) is 0 Å². The molecule has 2 heterocycles. The maximum atomic E-state index is 13.0. The molecule has 1 amide bonds. The van der Waals surface area contributed by atoms with Crippen LogP contribution >= 0.6 is 0 Å². The summed E-state index contributed by atoms with van der Waals surface area (Å²) >= 11 is 0. The summed E-state index contributed by atoms with van der Waals surface area (Å²) in [6, 6.07) is 14.8. The van der Waals surface area contributed by atoms with Crippen LogP contribution in [0.15, 0.2) is 53.3 Å². The van der Waals surface area contributed by atoms with Crippen molar-refractivity contribution in [3.63, 3.8) is 0 Å². The summed E-state index contributed by atoms with van der Waals surface area (Å²) in [5.41, 5.74) is 2.58. The number of methoxy groups -OCH3 is 2. The van der Waals surface area contributed by atoms with Crippen molar-refractivity contribution in [3.05, 3.63) is 87.1 Å². The lowest BCUT2D eigenvalue weighted by Gasteiger charge is -2.28. The molecule has 0 spiro atoms. The van der Waals surface area contributed by atoms with Gasteiger partial charge < -0.3 is 19.4 Å². The van der Waals surface area contributed by atoms with Crippen LogP contribution in [-0.4, -0.2) is 41.5 Å². The van der Waals surface area contributed by atoms with E-state index in [4.69, 9.17) is 9.47 Å². The van der Waals surface area contributed by atoms with Gasteiger partial charge in [-0.15, -0.1) is 0 Å². The van der Waals surface area contributed by atoms with Crippen molar-refractivity contribution in [3.8, 4) is 11.5 Å². The van der Waals surface area contributed by atoms with Crippen LogP contribution in [0.1, 0.15) is 33.0 Å². The van der Waals surface area contributed by atoms with E-state index in [1.54, 1.807) is 30.2 Å². The largest absolute Gasteiger partial charge is 0.497 e. The summed E-state index contributed by atoms with van der Waals surface area (Å²) in [6.07, 6.45) is 1.04. The summed E-state index contributed by atoms with van der Waals surface area (Å²) in [4.78, 5) is 34.9. The molecule has 154 valence electrons. The zero-order valence-electron chi connectivity index (χ0n) is 17.0. The molecule has 0 saturated carbocycles. The molecule has 0 saturated heterocycles. The number of amides is 1. The van der Waals surface area contributed by atoms with Gasteiger partial charge in [-0.25, -0.2) is 4.98 Å². The van der Waals surface area contributed by atoms with Crippen molar-refractivity contribution in [2.24, 2.45) is 0 Å². The van der Waals surface area contributed by atoms with Crippen molar-refractivity contribution in [2.45, 2.75) is 19.4 Å². The standard InChI is InChI=1S/C23H23N3O4/c1-29-16-7-5-6-15(12-16)13-21-24-19-10-11-26(14-18(19)22(27)25-21)23(28)17-8-3-4-9-20(17)30-2/h3-9,12H,10-11,13-14H2,1-2H3,(H,24,25,27). The number of carbonyl (C=O) groups excluding carboxylic acids is 1. The molecule has 0 atom stereocenters. The average Bonchev–Trinajstić information content (AvgIpc) is 2.78. The third kappa shape index (κ3) is 3.91. The molecule has 1 aliphatic heterocycles. The molecule has 0 aliphatic carbocycles. The highest BCUT2D eigenvalue weighted by Gasteiger charge is 2.26. The number of para-hydroxylation sites is 1. The van der Waals surface area contributed by atoms with Gasteiger partial charge in [0.1, 0.15) is 17.3 Å². The number of fused-ring (bicyclic) bond motifs is 1. The fourth-order valence-electron chi connectivity index (χ4n) is 3.70. The molecule has 3 aromatic rings. The molecule has 30 heavy (non-hydrogen) atoms. The number of hydrogen-bond donors (Lipinski definition) is 1. The van der Waals surface area contributed by atoms with Crippen molar-refractivity contribution in [1.29, 1.82) is 0 Å². The van der Waals surface area contributed by atoms with E-state index in [0.29, 0.717) is 42.1 Å². The van der Waals surface area contributed by atoms with Gasteiger partial charge in [0.2, 0.25) is 0 Å². The van der Waals surface area contributed by atoms with Gasteiger partial charge in [0, 0.05) is 19.4 Å². The Morgan fingerprint density at radius 3 is 2.77 bits per heavy atom. The molecule has 2 aromatic carbocycles. The van der Waals surface area contributed by atoms with E-state index in [2.05, 4.69) is 9.97 Å². The average molecular weight is 405 g/mol. The van der Waals surface area contributed by atoms with Gasteiger partial charge in [0.15, 0.2) is 0 Å². The number of hydrogen-bond acceptors (Lipinski definition) is 5. The van der Waals surface area contributed by atoms with E-state index in [9.17, 15) is 9.59 Å². The topological polar surface area (TPSA) is 84.5 Å². The van der Waals surface area contributed by atoms with Crippen LogP contribution in [-0.2, 0) is 19.4 Å². The van der Waals surface area contributed by atoms with E-state index in [1.807, 2.05) is 30.3 Å². The first kappa shape index (κ1) is 19.7. The van der Waals surface area contributed by atoms with Gasteiger partial charge in [-0.2, -0.15) is 0 Å². The van der Waals surface area contributed by atoms with Crippen molar-refractivity contribution in [2.75, 3.05) is 20.8 Å². The Morgan fingerprint density at radius 2 is 1.97 bits per heavy atom. The van der Waals surface area contributed by atoms with Gasteiger partial charge in [0.25, 0.3) is 11.5 Å². The molecule has 7 nitrogen and oxygen atoms in total. The number of benzene rings is 2. The Morgan fingerprint density at radius 1 is 1.13 bits per heavy atom. The zero-order valence-corrected chi connectivity index (χ0v) is 17.0. The van der Waals surface area contributed by atoms with E-state index >= 15 is 0 Å². The normalized spacial score (nSPS) is 12.9. The predicted octanol–water partition coefficient (Wildman–Crippen LogP) is 2.58. The van der Waals surface area contributed by atoms with Gasteiger partial charge in [-0.05, 0) is 29.8 Å². The zero-order chi connectivity index (χ0) is 21.1. The SMILES string of the molecule is COc1cccc(Cc2nc3c(c(=O)[nH]2)CN(C(=O)c2ccccc2OC)CC3)c1. The van der Waals surface area contributed by atoms with Gasteiger partial charge in [-0.1, -0.05) is 24.3 Å². The maximum Gasteiger partial charge on any atom is 0.257 e. The predicted molar refractivity (Wildman–Crippen MR) is 112 cm³/mol. The minimum Gasteiger partial charge on any atom is -0.497 e. The van der Waals surface area contributed by atoms with Gasteiger partial charge >= 0.3 is 0 Å². The van der Waals surface area contributed by atoms with Crippen molar-refractivity contribution in [1.82, 2.24) is 14.9 Å². The molecular formula is C23H23N3O4. The Hall–Kier alpha value is -3.61. The lowest BCUT2D eigenvalue weighted by atomic mass is 10.0. The molecule has 4 rings (SSSR count). The van der Waals surface area contributed by atoms with Crippen molar-refractivity contribution >= 4 is 5.91 Å². The van der Waals surface area contributed by atoms with Crippen LogP contribution in [0.3, 0.4) is 0 Å². The lowest BCUT2D eigenvalue weighted by Crippen LogP contribution is -2.40. The molecule has 0 fully saturated rings. The van der Waals surface area contributed by atoms with E-state index in [0.717, 1.165) is 17.0 Å². The molecule has 0 bridgehead atoms. The van der Waals surface area contributed by atoms with Gasteiger partial charge in [0.05, 0.1) is 37.6 Å². The fraction of sp³-hybridized carbons (Fsp3) is 0.261. The first-order chi connectivity index (χ1) is 14.6. The highest BCUT2D eigenvalue weighted by Crippen LogP contribution is 2.23. The number of aromatic nitrogens is 2. The minimum atomic E-state index is -0.199. The summed E-state index contributed by atoms with van der Waals surface area (Å²) in [7, 11) is 3.16. The fourth-order valence-corrected chi connectivity index (χ4v) is 3.70. The second kappa shape index (κ2) is 8.41. The Labute approximate surface area is 174 Å².